The molecule has 2 aliphatic heterocycles. The molecule has 4 rings (SSSR count). The third kappa shape index (κ3) is 7.61. The molecule has 0 aromatic heterocycles. The molecule has 210 valence electrons. The van der Waals surface area contributed by atoms with Gasteiger partial charge >= 0.3 is 0 Å². The fraction of sp³-hybridized carbons (Fsp3) is 0.571. The fourth-order valence-electron chi connectivity index (χ4n) is 5.85. The highest BCUT2D eigenvalue weighted by molar-refractivity contribution is 7.92. The predicted octanol–water partition coefficient (Wildman–Crippen LogP) is 4.16. The number of halogens is 2. The first-order chi connectivity index (χ1) is 18.0. The molecular weight excluding hydrogens is 530 g/mol. The highest BCUT2D eigenvalue weighted by Gasteiger charge is 2.29. The first kappa shape index (κ1) is 29.1. The number of nitrogens with zero attached hydrogens (tertiary/aromatic N) is 1. The van der Waals surface area contributed by atoms with Crippen LogP contribution in [0, 0.1) is 17.6 Å². The van der Waals surface area contributed by atoms with E-state index in [1.807, 2.05) is 0 Å². The lowest BCUT2D eigenvalue weighted by Gasteiger charge is -2.33. The van der Waals surface area contributed by atoms with Crippen LogP contribution in [0.5, 0.6) is 0 Å². The molecule has 1 N–H and O–H groups in total. The van der Waals surface area contributed by atoms with Crippen molar-refractivity contribution in [2.75, 3.05) is 44.7 Å². The largest absolute Gasteiger partial charge is 0.317 e. The zero-order valence-electron chi connectivity index (χ0n) is 21.9. The van der Waals surface area contributed by atoms with Gasteiger partial charge in [-0.2, -0.15) is 0 Å². The maximum Gasteiger partial charge on any atom is 0.175 e. The molecule has 38 heavy (non-hydrogen) atoms. The van der Waals surface area contributed by atoms with Crippen molar-refractivity contribution in [1.82, 2.24) is 10.2 Å². The van der Waals surface area contributed by atoms with Gasteiger partial charge < -0.3 is 10.2 Å². The van der Waals surface area contributed by atoms with Crippen LogP contribution in [0.15, 0.2) is 47.4 Å². The van der Waals surface area contributed by atoms with E-state index in [0.717, 1.165) is 51.3 Å². The van der Waals surface area contributed by atoms with E-state index in [2.05, 4.69) is 10.2 Å². The van der Waals surface area contributed by atoms with E-state index in [9.17, 15) is 25.6 Å². The van der Waals surface area contributed by atoms with Crippen molar-refractivity contribution in [3.63, 3.8) is 0 Å². The van der Waals surface area contributed by atoms with Crippen LogP contribution < -0.4 is 5.32 Å². The van der Waals surface area contributed by atoms with Crippen LogP contribution in [0.2, 0.25) is 0 Å². The van der Waals surface area contributed by atoms with Crippen molar-refractivity contribution in [3.8, 4) is 0 Å². The Morgan fingerprint density at radius 1 is 0.947 bits per heavy atom. The molecule has 0 unspecified atom stereocenters. The van der Waals surface area contributed by atoms with Gasteiger partial charge in [0.15, 0.2) is 19.7 Å². The summed E-state index contributed by atoms with van der Waals surface area (Å²) in [7, 11) is -6.60. The predicted molar refractivity (Wildman–Crippen MR) is 146 cm³/mol. The monoisotopic (exact) mass is 568 g/mol. The van der Waals surface area contributed by atoms with Gasteiger partial charge in [-0.1, -0.05) is 18.2 Å². The van der Waals surface area contributed by atoms with Gasteiger partial charge in [0.25, 0.3) is 0 Å². The molecule has 6 nitrogen and oxygen atoms in total. The first-order valence-electron chi connectivity index (χ1n) is 13.4. The van der Waals surface area contributed by atoms with E-state index < -0.39 is 37.2 Å². The van der Waals surface area contributed by atoms with Crippen LogP contribution in [0.1, 0.15) is 55.6 Å². The number of benzene rings is 2. The van der Waals surface area contributed by atoms with Gasteiger partial charge in [-0.3, -0.25) is 0 Å². The summed E-state index contributed by atoms with van der Waals surface area (Å²) >= 11 is 0. The van der Waals surface area contributed by atoms with Crippen molar-refractivity contribution in [3.05, 3.63) is 65.2 Å². The molecule has 2 saturated heterocycles. The summed E-state index contributed by atoms with van der Waals surface area (Å²) in [4.78, 5) is 2.45. The van der Waals surface area contributed by atoms with Gasteiger partial charge in [0.1, 0.15) is 11.6 Å². The van der Waals surface area contributed by atoms with E-state index >= 15 is 0 Å². The summed E-state index contributed by atoms with van der Waals surface area (Å²) < 4.78 is 78.8. The molecule has 0 saturated carbocycles. The van der Waals surface area contributed by atoms with Crippen molar-refractivity contribution in [2.45, 2.75) is 54.6 Å². The number of hydrogen-bond acceptors (Lipinski definition) is 6. The Kier molecular flexibility index (Phi) is 9.60. The Morgan fingerprint density at radius 3 is 2.21 bits per heavy atom. The average molecular weight is 569 g/mol. The molecule has 2 aromatic carbocycles. The molecule has 10 heteroatoms. The van der Waals surface area contributed by atoms with Crippen molar-refractivity contribution >= 4 is 19.7 Å². The van der Waals surface area contributed by atoms with Crippen LogP contribution in [-0.4, -0.2) is 71.7 Å². The average Bonchev–Trinajstić information content (AvgIpc) is 2.88. The molecule has 0 amide bonds. The second-order valence-corrected chi connectivity index (χ2v) is 15.1. The van der Waals surface area contributed by atoms with Crippen molar-refractivity contribution in [2.24, 2.45) is 5.92 Å². The Hall–Kier alpha value is -1.88. The van der Waals surface area contributed by atoms with Crippen molar-refractivity contribution in [1.29, 1.82) is 0 Å². The Balaban J connectivity index is 1.40. The maximum atomic E-state index is 14.1. The van der Waals surface area contributed by atoms with Crippen molar-refractivity contribution < 1.29 is 25.6 Å². The maximum absolute atomic E-state index is 14.1. The summed E-state index contributed by atoms with van der Waals surface area (Å²) in [6, 6.07) is 10.0. The van der Waals surface area contributed by atoms with Gasteiger partial charge in [-0.15, -0.1) is 0 Å². The lowest BCUT2D eigenvalue weighted by atomic mass is 9.87. The lowest BCUT2D eigenvalue weighted by Crippen LogP contribution is -2.38. The summed E-state index contributed by atoms with van der Waals surface area (Å²) in [6.45, 7) is 3.80. The van der Waals surface area contributed by atoms with Crippen LogP contribution in [0.4, 0.5) is 8.78 Å². The number of nitrogens with one attached hydrogen (secondary N) is 1. The lowest BCUT2D eigenvalue weighted by molar-refractivity contribution is 0.178. The van der Waals surface area contributed by atoms with E-state index in [1.54, 1.807) is 18.2 Å². The molecular formula is C28H38F2N2O4S2. The molecule has 2 aliphatic rings. The number of rotatable bonds is 10. The molecule has 0 bridgehead atoms. The van der Waals surface area contributed by atoms with Crippen LogP contribution >= 0.6 is 0 Å². The Morgan fingerprint density at radius 2 is 1.58 bits per heavy atom. The molecule has 2 aromatic rings. The molecule has 2 fully saturated rings. The summed E-state index contributed by atoms with van der Waals surface area (Å²) in [5.41, 5.74) is 0.953. The third-order valence-electron chi connectivity index (χ3n) is 8.03. The minimum atomic E-state index is -3.54. The quantitative estimate of drug-likeness (QED) is 0.464. The Bertz CT molecular complexity index is 1280. The smallest absolute Gasteiger partial charge is 0.175 e. The van der Waals surface area contributed by atoms with Gasteiger partial charge in [-0.25, -0.2) is 25.6 Å². The fourth-order valence-corrected chi connectivity index (χ4v) is 8.76. The van der Waals surface area contributed by atoms with Crippen LogP contribution in [-0.2, 0) is 19.7 Å². The first-order valence-corrected chi connectivity index (χ1v) is 17.0. The second kappa shape index (κ2) is 12.5. The summed E-state index contributed by atoms with van der Waals surface area (Å²) in [5, 5.41) is 3.00. The minimum absolute atomic E-state index is 0.170. The summed E-state index contributed by atoms with van der Waals surface area (Å²) in [6.07, 6.45) is 5.53. The summed E-state index contributed by atoms with van der Waals surface area (Å²) in [5.74, 6) is -1.26. The normalized spacial score (nSPS) is 19.4. The number of piperidine rings is 2. The van der Waals surface area contributed by atoms with Gasteiger partial charge in [0, 0.05) is 18.2 Å². The highest BCUT2D eigenvalue weighted by atomic mass is 32.2. The molecule has 0 aliphatic carbocycles. The van der Waals surface area contributed by atoms with Crippen LogP contribution in [0.25, 0.3) is 0 Å². The zero-order valence-corrected chi connectivity index (χ0v) is 23.5. The zero-order chi connectivity index (χ0) is 27.3. The molecule has 2 heterocycles. The van der Waals surface area contributed by atoms with Gasteiger partial charge in [0.05, 0.1) is 15.9 Å². The number of likely N-dealkylation sites (tertiary alicyclic amines) is 1. The second-order valence-electron chi connectivity index (χ2n) is 10.7. The highest BCUT2D eigenvalue weighted by Crippen LogP contribution is 2.34. The SMILES string of the molecule is CS(=O)(=O)c1ccccc1[C@H](CCN1CCC(CCS(=O)(=O)C2CCNCC2)CC1)c1cc(F)cc(F)c1. The molecule has 1 atom stereocenters. The Labute approximate surface area is 225 Å². The van der Waals surface area contributed by atoms with E-state index in [1.165, 1.54) is 18.2 Å². The van der Waals surface area contributed by atoms with E-state index in [-0.39, 0.29) is 15.9 Å². The standard InChI is InChI=1S/C28H38F2N2O4S2/c1-37(33,34)28-5-3-2-4-27(28)26(22-18-23(29)20-24(30)19-22)10-16-32-14-8-21(9-15-32)11-17-38(35,36)25-6-12-31-13-7-25/h2-5,18-21,25-26,31H,6-17H2,1H3/t26-/m1/s1. The van der Waals surface area contributed by atoms with E-state index in [0.29, 0.717) is 49.3 Å². The number of sulfone groups is 2. The third-order valence-corrected chi connectivity index (χ3v) is 11.5. The van der Waals surface area contributed by atoms with E-state index in [4.69, 9.17) is 0 Å². The number of hydrogen-bond donors (Lipinski definition) is 1. The van der Waals surface area contributed by atoms with Gasteiger partial charge in [-0.05, 0) is 106 Å². The topological polar surface area (TPSA) is 83.6 Å². The van der Waals surface area contributed by atoms with Gasteiger partial charge in [0.2, 0.25) is 0 Å². The molecule has 0 spiro atoms. The minimum Gasteiger partial charge on any atom is -0.317 e. The molecule has 0 radical (unpaired) electrons. The van der Waals surface area contributed by atoms with Crippen LogP contribution in [0.3, 0.4) is 0 Å².